The van der Waals surface area contributed by atoms with E-state index in [9.17, 15) is 9.18 Å². The molecule has 1 unspecified atom stereocenters. The number of hydrogen-bond donors (Lipinski definition) is 2. The molecule has 3 aromatic rings. The van der Waals surface area contributed by atoms with Crippen molar-refractivity contribution in [1.29, 1.82) is 0 Å². The summed E-state index contributed by atoms with van der Waals surface area (Å²) in [6.07, 6.45) is 5.35. The first-order chi connectivity index (χ1) is 10.7. The van der Waals surface area contributed by atoms with Crippen molar-refractivity contribution in [1.82, 2.24) is 20.0 Å². The fourth-order valence-corrected chi connectivity index (χ4v) is 2.85. The van der Waals surface area contributed by atoms with Crippen LogP contribution in [0.4, 0.5) is 10.2 Å². The Balaban J connectivity index is 1.90. The zero-order valence-corrected chi connectivity index (χ0v) is 11.5. The fourth-order valence-electron chi connectivity index (χ4n) is 2.85. The van der Waals surface area contributed by atoms with Crippen molar-refractivity contribution in [3.05, 3.63) is 59.8 Å². The zero-order valence-electron chi connectivity index (χ0n) is 11.5. The summed E-state index contributed by atoms with van der Waals surface area (Å²) >= 11 is 0. The lowest BCUT2D eigenvalue weighted by atomic mass is 9.86. The van der Waals surface area contributed by atoms with Crippen LogP contribution in [0.1, 0.15) is 23.5 Å². The van der Waals surface area contributed by atoms with Gasteiger partial charge in [-0.2, -0.15) is 10.2 Å². The molecule has 0 bridgehead atoms. The van der Waals surface area contributed by atoms with Gasteiger partial charge < -0.3 is 5.32 Å². The minimum absolute atomic E-state index is 0.127. The summed E-state index contributed by atoms with van der Waals surface area (Å²) in [6, 6.07) is 6.31. The maximum absolute atomic E-state index is 13.8. The Morgan fingerprint density at radius 2 is 2.23 bits per heavy atom. The molecule has 1 amide bonds. The second kappa shape index (κ2) is 4.80. The molecule has 2 N–H and O–H groups in total. The van der Waals surface area contributed by atoms with E-state index in [1.54, 1.807) is 35.4 Å². The van der Waals surface area contributed by atoms with Crippen LogP contribution in [0.25, 0.3) is 5.69 Å². The molecule has 0 fully saturated rings. The second-order valence-corrected chi connectivity index (χ2v) is 5.16. The number of carbonyl (C=O) groups is 1. The van der Waals surface area contributed by atoms with Gasteiger partial charge in [-0.3, -0.25) is 9.89 Å². The maximum atomic E-state index is 13.8. The largest absolute Gasteiger partial charge is 0.311 e. The fraction of sp³-hybridized carbons (Fsp3) is 0.133. The third kappa shape index (κ3) is 1.98. The monoisotopic (exact) mass is 297 g/mol. The second-order valence-electron chi connectivity index (χ2n) is 5.16. The predicted octanol–water partition coefficient (Wildman–Crippen LogP) is 2.21. The summed E-state index contributed by atoms with van der Waals surface area (Å²) in [4.78, 5) is 11.9. The van der Waals surface area contributed by atoms with Gasteiger partial charge in [0.25, 0.3) is 0 Å². The van der Waals surface area contributed by atoms with Crippen molar-refractivity contribution >= 4 is 11.7 Å². The highest BCUT2D eigenvalue weighted by molar-refractivity contribution is 5.94. The molecule has 0 aliphatic carbocycles. The van der Waals surface area contributed by atoms with Gasteiger partial charge in [0.2, 0.25) is 5.91 Å². The summed E-state index contributed by atoms with van der Waals surface area (Å²) in [5.41, 5.74) is 2.30. The Bertz CT molecular complexity index is 840. The lowest BCUT2D eigenvalue weighted by Crippen LogP contribution is -2.23. The number of hydrogen-bond acceptors (Lipinski definition) is 3. The van der Waals surface area contributed by atoms with Crippen molar-refractivity contribution in [2.45, 2.75) is 12.3 Å². The van der Waals surface area contributed by atoms with Gasteiger partial charge in [-0.1, -0.05) is 0 Å². The first-order valence-corrected chi connectivity index (χ1v) is 6.85. The Labute approximate surface area is 125 Å². The molecule has 0 spiro atoms. The topological polar surface area (TPSA) is 75.6 Å². The first-order valence-electron chi connectivity index (χ1n) is 6.85. The molecule has 1 aromatic carbocycles. The molecule has 1 atom stereocenters. The number of fused-ring (bicyclic) bond motifs is 1. The van der Waals surface area contributed by atoms with Gasteiger partial charge in [0.1, 0.15) is 11.6 Å². The summed E-state index contributed by atoms with van der Waals surface area (Å²) in [5.74, 6) is -0.173. The molecule has 7 heteroatoms. The molecular weight excluding hydrogens is 285 g/mol. The van der Waals surface area contributed by atoms with Crippen molar-refractivity contribution in [3.8, 4) is 5.69 Å². The van der Waals surface area contributed by atoms with Crippen molar-refractivity contribution in [2.75, 3.05) is 5.32 Å². The van der Waals surface area contributed by atoms with E-state index >= 15 is 0 Å². The number of rotatable bonds is 2. The molecule has 0 radical (unpaired) electrons. The number of halogens is 1. The summed E-state index contributed by atoms with van der Waals surface area (Å²) in [7, 11) is 0. The minimum Gasteiger partial charge on any atom is -0.311 e. The van der Waals surface area contributed by atoms with E-state index in [-0.39, 0.29) is 24.1 Å². The van der Waals surface area contributed by atoms with Crippen LogP contribution in [0.3, 0.4) is 0 Å². The lowest BCUT2D eigenvalue weighted by molar-refractivity contribution is -0.116. The third-order valence-corrected chi connectivity index (χ3v) is 3.81. The number of nitrogens with one attached hydrogen (secondary N) is 2. The highest BCUT2D eigenvalue weighted by Crippen LogP contribution is 2.38. The number of aromatic amines is 1. The van der Waals surface area contributed by atoms with E-state index in [2.05, 4.69) is 20.6 Å². The summed E-state index contributed by atoms with van der Waals surface area (Å²) in [5, 5.41) is 13.7. The van der Waals surface area contributed by atoms with Gasteiger partial charge in [0.15, 0.2) is 0 Å². The van der Waals surface area contributed by atoms with E-state index in [1.807, 2.05) is 0 Å². The molecule has 0 saturated heterocycles. The SMILES string of the molecule is O=C1CC(c2cc(F)ccc2-n2cccn2)c2cn[nH]c2N1. The van der Waals surface area contributed by atoms with E-state index in [4.69, 9.17) is 0 Å². The van der Waals surface area contributed by atoms with Crippen LogP contribution in [-0.2, 0) is 4.79 Å². The van der Waals surface area contributed by atoms with Crippen LogP contribution in [0, 0.1) is 5.82 Å². The van der Waals surface area contributed by atoms with Gasteiger partial charge in [0.05, 0.1) is 11.9 Å². The van der Waals surface area contributed by atoms with Gasteiger partial charge in [-0.05, 0) is 29.8 Å². The Morgan fingerprint density at radius 1 is 1.32 bits per heavy atom. The van der Waals surface area contributed by atoms with Crippen molar-refractivity contribution in [3.63, 3.8) is 0 Å². The first kappa shape index (κ1) is 12.8. The van der Waals surface area contributed by atoms with Crippen LogP contribution < -0.4 is 5.32 Å². The average molecular weight is 297 g/mol. The molecule has 3 heterocycles. The van der Waals surface area contributed by atoms with E-state index in [0.717, 1.165) is 11.3 Å². The predicted molar refractivity (Wildman–Crippen MR) is 77.2 cm³/mol. The minimum atomic E-state index is -0.345. The van der Waals surface area contributed by atoms with E-state index < -0.39 is 0 Å². The standard InChI is InChI=1S/C15H12FN5O/c16-9-2-3-13(21-5-1-4-18-21)11(6-9)10-7-14(22)19-15-12(10)8-17-20-15/h1-6,8,10H,7H2,(H2,17,19,20,22). The molecule has 1 aliphatic heterocycles. The number of benzene rings is 1. The normalized spacial score (nSPS) is 17.1. The average Bonchev–Trinajstić information content (AvgIpc) is 3.17. The Morgan fingerprint density at radius 3 is 3.05 bits per heavy atom. The van der Waals surface area contributed by atoms with Gasteiger partial charge in [0, 0.05) is 30.3 Å². The summed E-state index contributed by atoms with van der Waals surface area (Å²) in [6.45, 7) is 0. The maximum Gasteiger partial charge on any atom is 0.226 e. The smallest absolute Gasteiger partial charge is 0.226 e. The summed E-state index contributed by atoms with van der Waals surface area (Å²) < 4.78 is 15.5. The number of nitrogens with zero attached hydrogens (tertiary/aromatic N) is 3. The van der Waals surface area contributed by atoms with E-state index in [0.29, 0.717) is 11.4 Å². The van der Waals surface area contributed by atoms with Crippen molar-refractivity contribution in [2.24, 2.45) is 0 Å². The molecule has 1 aliphatic rings. The number of amides is 1. The Kier molecular flexibility index (Phi) is 2.78. The van der Waals surface area contributed by atoms with Gasteiger partial charge in [-0.15, -0.1) is 0 Å². The number of aromatic nitrogens is 4. The van der Waals surface area contributed by atoms with Crippen molar-refractivity contribution < 1.29 is 9.18 Å². The molecular formula is C15H12FN5O. The third-order valence-electron chi connectivity index (χ3n) is 3.81. The number of carbonyl (C=O) groups excluding carboxylic acids is 1. The zero-order chi connectivity index (χ0) is 15.1. The molecule has 0 saturated carbocycles. The number of H-pyrrole nitrogens is 1. The lowest BCUT2D eigenvalue weighted by Gasteiger charge is -2.24. The molecule has 6 nitrogen and oxygen atoms in total. The molecule has 110 valence electrons. The van der Waals surface area contributed by atoms with Crippen LogP contribution in [0.5, 0.6) is 0 Å². The van der Waals surface area contributed by atoms with Crippen LogP contribution in [-0.4, -0.2) is 25.9 Å². The molecule has 4 rings (SSSR count). The quantitative estimate of drug-likeness (QED) is 0.761. The van der Waals surface area contributed by atoms with Gasteiger partial charge in [-0.25, -0.2) is 9.07 Å². The number of anilines is 1. The van der Waals surface area contributed by atoms with E-state index in [1.165, 1.54) is 12.1 Å². The van der Waals surface area contributed by atoms with Crippen LogP contribution in [0.15, 0.2) is 42.9 Å². The van der Waals surface area contributed by atoms with Crippen LogP contribution >= 0.6 is 0 Å². The Hall–Kier alpha value is -2.96. The highest BCUT2D eigenvalue weighted by Gasteiger charge is 2.30. The van der Waals surface area contributed by atoms with Gasteiger partial charge >= 0.3 is 0 Å². The molecule has 2 aromatic heterocycles. The van der Waals surface area contributed by atoms with Crippen LogP contribution in [0.2, 0.25) is 0 Å². The highest BCUT2D eigenvalue weighted by atomic mass is 19.1. The molecule has 22 heavy (non-hydrogen) atoms.